The van der Waals surface area contributed by atoms with Crippen molar-refractivity contribution in [3.63, 3.8) is 0 Å². The zero-order valence-corrected chi connectivity index (χ0v) is 10.7. The lowest BCUT2D eigenvalue weighted by Gasteiger charge is -2.01. The van der Waals surface area contributed by atoms with E-state index in [1.807, 2.05) is 6.92 Å². The summed E-state index contributed by atoms with van der Waals surface area (Å²) >= 11 is 0. The van der Waals surface area contributed by atoms with E-state index >= 15 is 0 Å². The summed E-state index contributed by atoms with van der Waals surface area (Å²) in [6.45, 7) is 7.98. The molecule has 0 rings (SSSR count). The average molecular weight is 241 g/mol. The lowest BCUT2D eigenvalue weighted by molar-refractivity contribution is -0.114. The molecule has 1 amide bonds. The fourth-order valence-electron chi connectivity index (χ4n) is 1.01. The SMILES string of the molecule is CCNCCCNC(=O)C=NC=NCNCC. The van der Waals surface area contributed by atoms with Crippen LogP contribution < -0.4 is 16.0 Å². The normalized spacial score (nSPS) is 11.4. The van der Waals surface area contributed by atoms with Crippen LogP contribution in [0.5, 0.6) is 0 Å². The van der Waals surface area contributed by atoms with Gasteiger partial charge in [-0.2, -0.15) is 0 Å². The molecule has 3 N–H and O–H groups in total. The Morgan fingerprint density at radius 1 is 1.18 bits per heavy atom. The quantitative estimate of drug-likeness (QED) is 0.281. The number of nitrogens with one attached hydrogen (secondary N) is 3. The molecule has 0 aromatic rings. The van der Waals surface area contributed by atoms with E-state index in [1.54, 1.807) is 0 Å². The van der Waals surface area contributed by atoms with Gasteiger partial charge < -0.3 is 10.6 Å². The van der Waals surface area contributed by atoms with Gasteiger partial charge in [0, 0.05) is 6.54 Å². The fraction of sp³-hybridized carbons (Fsp3) is 0.727. The highest BCUT2D eigenvalue weighted by molar-refractivity contribution is 6.27. The summed E-state index contributed by atoms with van der Waals surface area (Å²) in [6.07, 6.45) is 3.53. The van der Waals surface area contributed by atoms with E-state index in [0.29, 0.717) is 13.2 Å². The Kier molecular flexibility index (Phi) is 11.8. The molecule has 0 aliphatic rings. The molecule has 0 saturated heterocycles. The van der Waals surface area contributed by atoms with Crippen molar-refractivity contribution in [3.8, 4) is 0 Å². The Morgan fingerprint density at radius 3 is 2.65 bits per heavy atom. The first kappa shape index (κ1) is 15.7. The Morgan fingerprint density at radius 2 is 1.94 bits per heavy atom. The van der Waals surface area contributed by atoms with Crippen molar-refractivity contribution in [2.24, 2.45) is 9.98 Å². The van der Waals surface area contributed by atoms with E-state index in [4.69, 9.17) is 0 Å². The van der Waals surface area contributed by atoms with Crippen molar-refractivity contribution < 1.29 is 4.79 Å². The zero-order chi connectivity index (χ0) is 12.8. The standard InChI is InChI=1S/C11H23N5O/c1-3-12-6-5-7-16-11(17)8-14-10-15-9-13-4-2/h8,10,12-13H,3-7,9H2,1-2H3,(H,16,17). The molecule has 0 atom stereocenters. The topological polar surface area (TPSA) is 77.9 Å². The summed E-state index contributed by atoms with van der Waals surface area (Å²) in [6, 6.07) is 0. The van der Waals surface area contributed by atoms with Crippen molar-refractivity contribution in [1.29, 1.82) is 0 Å². The van der Waals surface area contributed by atoms with Gasteiger partial charge in [-0.3, -0.25) is 15.1 Å². The van der Waals surface area contributed by atoms with Crippen molar-refractivity contribution in [1.82, 2.24) is 16.0 Å². The molecular weight excluding hydrogens is 218 g/mol. The second-order valence-electron chi connectivity index (χ2n) is 3.34. The predicted octanol–water partition coefficient (Wildman–Crippen LogP) is -0.232. The number of hydrogen-bond donors (Lipinski definition) is 3. The third-order valence-electron chi connectivity index (χ3n) is 1.87. The van der Waals surface area contributed by atoms with Gasteiger partial charge in [-0.25, -0.2) is 4.99 Å². The number of carbonyl (C=O) groups excluding carboxylic acids is 1. The van der Waals surface area contributed by atoms with E-state index in [0.717, 1.165) is 26.1 Å². The maximum absolute atomic E-state index is 11.2. The van der Waals surface area contributed by atoms with Crippen LogP contribution in [-0.2, 0) is 4.79 Å². The Hall–Kier alpha value is -1.27. The fourth-order valence-corrected chi connectivity index (χ4v) is 1.01. The first-order chi connectivity index (χ1) is 8.31. The minimum Gasteiger partial charge on any atom is -0.351 e. The summed E-state index contributed by atoms with van der Waals surface area (Å²) < 4.78 is 0. The molecule has 0 saturated carbocycles. The van der Waals surface area contributed by atoms with Gasteiger partial charge in [-0.05, 0) is 26.1 Å². The van der Waals surface area contributed by atoms with E-state index in [2.05, 4.69) is 32.9 Å². The smallest absolute Gasteiger partial charge is 0.262 e. The highest BCUT2D eigenvalue weighted by Crippen LogP contribution is 1.73. The van der Waals surface area contributed by atoms with Crippen molar-refractivity contribution in [3.05, 3.63) is 0 Å². The second-order valence-corrected chi connectivity index (χ2v) is 3.34. The van der Waals surface area contributed by atoms with Crippen LogP contribution in [-0.4, -0.2) is 51.3 Å². The van der Waals surface area contributed by atoms with Crippen molar-refractivity contribution in [2.75, 3.05) is 32.8 Å². The maximum Gasteiger partial charge on any atom is 0.262 e. The van der Waals surface area contributed by atoms with Crippen LogP contribution in [0.15, 0.2) is 9.98 Å². The minimum atomic E-state index is -0.184. The number of rotatable bonds is 10. The third-order valence-corrected chi connectivity index (χ3v) is 1.87. The Labute approximate surface area is 103 Å². The van der Waals surface area contributed by atoms with Gasteiger partial charge in [0.05, 0.1) is 12.9 Å². The molecule has 0 fully saturated rings. The lowest BCUT2D eigenvalue weighted by atomic mass is 10.4. The number of amides is 1. The molecule has 17 heavy (non-hydrogen) atoms. The Bertz CT molecular complexity index is 240. The predicted molar refractivity (Wildman–Crippen MR) is 71.7 cm³/mol. The van der Waals surface area contributed by atoms with Crippen LogP contribution >= 0.6 is 0 Å². The van der Waals surface area contributed by atoms with E-state index in [1.165, 1.54) is 12.6 Å². The minimum absolute atomic E-state index is 0.184. The molecule has 0 aliphatic carbocycles. The number of hydrogen-bond acceptors (Lipinski definition) is 4. The van der Waals surface area contributed by atoms with Gasteiger partial charge in [0.15, 0.2) is 0 Å². The number of carbonyl (C=O) groups is 1. The molecule has 0 aliphatic heterocycles. The van der Waals surface area contributed by atoms with Crippen LogP contribution in [0, 0.1) is 0 Å². The summed E-state index contributed by atoms with van der Waals surface area (Å²) in [5.41, 5.74) is 0. The molecule has 0 aromatic carbocycles. The van der Waals surface area contributed by atoms with Gasteiger partial charge in [0.25, 0.3) is 5.91 Å². The average Bonchev–Trinajstić information content (AvgIpc) is 2.33. The zero-order valence-electron chi connectivity index (χ0n) is 10.7. The molecule has 6 heteroatoms. The van der Waals surface area contributed by atoms with Gasteiger partial charge in [-0.15, -0.1) is 0 Å². The van der Waals surface area contributed by atoms with Crippen molar-refractivity contribution in [2.45, 2.75) is 20.3 Å². The van der Waals surface area contributed by atoms with Crippen LogP contribution in [0.3, 0.4) is 0 Å². The van der Waals surface area contributed by atoms with Crippen LogP contribution in [0.25, 0.3) is 0 Å². The van der Waals surface area contributed by atoms with Crippen LogP contribution in [0.2, 0.25) is 0 Å². The van der Waals surface area contributed by atoms with Gasteiger partial charge in [0.1, 0.15) is 6.34 Å². The summed E-state index contributed by atoms with van der Waals surface area (Å²) in [4.78, 5) is 18.9. The lowest BCUT2D eigenvalue weighted by Crippen LogP contribution is -2.28. The van der Waals surface area contributed by atoms with Crippen molar-refractivity contribution >= 4 is 18.5 Å². The number of aliphatic imine (C=N–C) groups is 2. The van der Waals surface area contributed by atoms with Gasteiger partial charge in [0.2, 0.25) is 0 Å². The monoisotopic (exact) mass is 241 g/mol. The summed E-state index contributed by atoms with van der Waals surface area (Å²) in [7, 11) is 0. The molecule has 0 radical (unpaired) electrons. The molecule has 6 nitrogen and oxygen atoms in total. The first-order valence-electron chi connectivity index (χ1n) is 6.02. The van der Waals surface area contributed by atoms with Gasteiger partial charge >= 0.3 is 0 Å². The van der Waals surface area contributed by atoms with Crippen LogP contribution in [0.1, 0.15) is 20.3 Å². The van der Waals surface area contributed by atoms with Gasteiger partial charge in [-0.1, -0.05) is 13.8 Å². The largest absolute Gasteiger partial charge is 0.351 e. The third kappa shape index (κ3) is 12.7. The maximum atomic E-state index is 11.2. The molecule has 0 unspecified atom stereocenters. The van der Waals surface area contributed by atoms with E-state index < -0.39 is 0 Å². The molecule has 0 aromatic heterocycles. The first-order valence-corrected chi connectivity index (χ1v) is 6.02. The summed E-state index contributed by atoms with van der Waals surface area (Å²) in [5, 5.41) is 8.93. The Balaban J connectivity index is 3.44. The number of nitrogens with zero attached hydrogens (tertiary/aromatic N) is 2. The van der Waals surface area contributed by atoms with Crippen LogP contribution in [0.4, 0.5) is 0 Å². The molecule has 98 valence electrons. The molecular formula is C11H23N5O. The molecule has 0 heterocycles. The summed E-state index contributed by atoms with van der Waals surface area (Å²) in [5.74, 6) is -0.184. The highest BCUT2D eigenvalue weighted by Gasteiger charge is 1.93. The van der Waals surface area contributed by atoms with E-state index in [9.17, 15) is 4.79 Å². The molecule has 0 bridgehead atoms. The second kappa shape index (κ2) is 12.8. The molecule has 0 spiro atoms. The van der Waals surface area contributed by atoms with E-state index in [-0.39, 0.29) is 5.91 Å². The highest BCUT2D eigenvalue weighted by atomic mass is 16.1.